The average molecular weight is 484 g/mol. The molecule has 2 N–H and O–H groups in total. The van der Waals surface area contributed by atoms with E-state index in [9.17, 15) is 0 Å². The van der Waals surface area contributed by atoms with Crippen molar-refractivity contribution in [2.24, 2.45) is 4.99 Å². The number of aromatic nitrogens is 2. The highest BCUT2D eigenvalue weighted by Crippen LogP contribution is 2.15. The number of hydrogen-bond donors (Lipinski definition) is 2. The third-order valence-electron chi connectivity index (χ3n) is 4.10. The molecule has 0 amide bonds. The molecule has 0 saturated carbocycles. The minimum Gasteiger partial charge on any atom is -0.355 e. The molecule has 0 spiro atoms. The third kappa shape index (κ3) is 4.88. The minimum absolute atomic E-state index is 0. The fourth-order valence-corrected chi connectivity index (χ4v) is 3.01. The van der Waals surface area contributed by atoms with Crippen LogP contribution in [0.2, 0.25) is 5.02 Å². The summed E-state index contributed by atoms with van der Waals surface area (Å²) in [4.78, 5) is 8.85. The van der Waals surface area contributed by atoms with Gasteiger partial charge >= 0.3 is 0 Å². The molecule has 0 unspecified atom stereocenters. The van der Waals surface area contributed by atoms with Crippen LogP contribution in [0.5, 0.6) is 0 Å². The largest absolute Gasteiger partial charge is 0.355 e. The molecule has 7 heteroatoms. The molecule has 26 heavy (non-hydrogen) atoms. The van der Waals surface area contributed by atoms with Gasteiger partial charge < -0.3 is 15.2 Å². The van der Waals surface area contributed by atoms with Gasteiger partial charge in [-0.1, -0.05) is 41.9 Å². The molecule has 3 rings (SSSR count). The van der Waals surface area contributed by atoms with E-state index in [0.717, 1.165) is 46.5 Å². The quantitative estimate of drug-likeness (QED) is 0.328. The van der Waals surface area contributed by atoms with Gasteiger partial charge in [0.15, 0.2) is 5.96 Å². The lowest BCUT2D eigenvalue weighted by atomic mass is 10.2. The summed E-state index contributed by atoms with van der Waals surface area (Å²) in [5.41, 5.74) is 3.23. The van der Waals surface area contributed by atoms with Crippen molar-refractivity contribution in [3.8, 4) is 0 Å². The Hall–Kier alpha value is -1.80. The van der Waals surface area contributed by atoms with Crippen molar-refractivity contribution in [1.82, 2.24) is 20.2 Å². The molecule has 1 aromatic heterocycles. The summed E-state index contributed by atoms with van der Waals surface area (Å²) in [6.07, 6.45) is 0. The lowest BCUT2D eigenvalue weighted by Gasteiger charge is -2.13. The first-order valence-corrected chi connectivity index (χ1v) is 8.66. The summed E-state index contributed by atoms with van der Waals surface area (Å²) >= 11 is 6.19. The van der Waals surface area contributed by atoms with E-state index in [2.05, 4.69) is 31.2 Å². The van der Waals surface area contributed by atoms with Gasteiger partial charge in [0.2, 0.25) is 0 Å². The van der Waals surface area contributed by atoms with Crippen molar-refractivity contribution in [3.05, 3.63) is 64.9 Å². The van der Waals surface area contributed by atoms with Crippen molar-refractivity contribution in [2.45, 2.75) is 20.0 Å². The third-order valence-corrected chi connectivity index (χ3v) is 4.47. The average Bonchev–Trinajstić information content (AvgIpc) is 2.94. The zero-order chi connectivity index (χ0) is 17.6. The highest BCUT2D eigenvalue weighted by Gasteiger charge is 2.06. The molecule has 1 heterocycles. The lowest BCUT2D eigenvalue weighted by Crippen LogP contribution is -2.38. The predicted molar refractivity (Wildman–Crippen MR) is 120 cm³/mol. The molecule has 0 aliphatic carbocycles. The molecule has 0 aliphatic heterocycles. The Morgan fingerprint density at radius 3 is 2.62 bits per heavy atom. The molecule has 0 fully saturated rings. The van der Waals surface area contributed by atoms with Crippen LogP contribution in [0.3, 0.4) is 0 Å². The summed E-state index contributed by atoms with van der Waals surface area (Å²) in [7, 11) is 1.76. The lowest BCUT2D eigenvalue weighted by molar-refractivity contribution is 0.660. The Kier molecular flexibility index (Phi) is 7.71. The first-order valence-electron chi connectivity index (χ1n) is 8.29. The molecule has 0 saturated heterocycles. The molecule has 0 radical (unpaired) electrons. The molecular weight excluding hydrogens is 461 g/mol. The van der Waals surface area contributed by atoms with Gasteiger partial charge in [-0.25, -0.2) is 4.98 Å². The van der Waals surface area contributed by atoms with Gasteiger partial charge in [-0.15, -0.1) is 24.0 Å². The van der Waals surface area contributed by atoms with E-state index in [0.29, 0.717) is 6.54 Å². The van der Waals surface area contributed by atoms with Crippen molar-refractivity contribution in [3.63, 3.8) is 0 Å². The number of guanidine groups is 1. The van der Waals surface area contributed by atoms with E-state index >= 15 is 0 Å². The summed E-state index contributed by atoms with van der Waals surface area (Å²) in [5.74, 6) is 1.77. The number of imidazole rings is 1. The molecule has 0 bridgehead atoms. The fraction of sp³-hybridized carbons (Fsp3) is 0.263. The van der Waals surface area contributed by atoms with Gasteiger partial charge in [-0.05, 0) is 30.7 Å². The van der Waals surface area contributed by atoms with Crippen molar-refractivity contribution < 1.29 is 0 Å². The summed E-state index contributed by atoms with van der Waals surface area (Å²) < 4.78 is 2.21. The van der Waals surface area contributed by atoms with Crippen LogP contribution in [0.25, 0.3) is 11.0 Å². The zero-order valence-electron chi connectivity index (χ0n) is 14.9. The van der Waals surface area contributed by atoms with Gasteiger partial charge in [0.25, 0.3) is 0 Å². The molecule has 5 nitrogen and oxygen atoms in total. The Bertz CT molecular complexity index is 891. The van der Waals surface area contributed by atoms with Crippen LogP contribution in [-0.4, -0.2) is 29.1 Å². The zero-order valence-corrected chi connectivity index (χ0v) is 18.0. The topological polar surface area (TPSA) is 54.2 Å². The normalized spacial score (nSPS) is 11.3. The van der Waals surface area contributed by atoms with Crippen LogP contribution in [0.15, 0.2) is 53.5 Å². The van der Waals surface area contributed by atoms with Crippen LogP contribution in [0, 0.1) is 6.92 Å². The van der Waals surface area contributed by atoms with Gasteiger partial charge in [0.1, 0.15) is 5.82 Å². The van der Waals surface area contributed by atoms with E-state index in [1.165, 1.54) is 0 Å². The smallest absolute Gasteiger partial charge is 0.191 e. The monoisotopic (exact) mass is 483 g/mol. The number of rotatable bonds is 5. The number of aryl methyl sites for hydroxylation is 1. The molecule has 138 valence electrons. The van der Waals surface area contributed by atoms with E-state index in [1.807, 2.05) is 49.4 Å². The second-order valence-electron chi connectivity index (χ2n) is 5.74. The number of nitrogens with one attached hydrogen (secondary N) is 2. The SMILES string of the molecule is CN=C(NCCn1c(C)nc2ccccc21)NCc1ccccc1Cl.I. The molecule has 2 aromatic carbocycles. The van der Waals surface area contributed by atoms with E-state index in [4.69, 9.17) is 11.6 Å². The highest BCUT2D eigenvalue weighted by atomic mass is 127. The van der Waals surface area contributed by atoms with Gasteiger partial charge in [0, 0.05) is 31.7 Å². The van der Waals surface area contributed by atoms with Crippen LogP contribution >= 0.6 is 35.6 Å². The summed E-state index contributed by atoms with van der Waals surface area (Å²) in [6.45, 7) is 4.24. The molecule has 0 aliphatic rings. The number of halogens is 2. The Morgan fingerprint density at radius 1 is 1.12 bits per heavy atom. The van der Waals surface area contributed by atoms with Gasteiger partial charge in [-0.3, -0.25) is 4.99 Å². The molecule has 3 aromatic rings. The second kappa shape index (κ2) is 9.78. The van der Waals surface area contributed by atoms with Gasteiger partial charge in [-0.2, -0.15) is 0 Å². The number of aliphatic imine (C=N–C) groups is 1. The number of fused-ring (bicyclic) bond motifs is 1. The van der Waals surface area contributed by atoms with E-state index < -0.39 is 0 Å². The number of para-hydroxylation sites is 2. The van der Waals surface area contributed by atoms with Crippen LogP contribution < -0.4 is 10.6 Å². The predicted octanol–water partition coefficient (Wildman–Crippen LogP) is 3.98. The minimum atomic E-state index is 0. The first kappa shape index (κ1) is 20.5. The maximum absolute atomic E-state index is 6.19. The van der Waals surface area contributed by atoms with Crippen LogP contribution in [-0.2, 0) is 13.1 Å². The van der Waals surface area contributed by atoms with E-state index in [-0.39, 0.29) is 24.0 Å². The molecular formula is C19H23ClIN5. The number of benzene rings is 2. The number of hydrogen-bond acceptors (Lipinski definition) is 2. The standard InChI is InChI=1S/C19H22ClN5.HI/c1-14-24-17-9-5-6-10-18(17)25(14)12-11-22-19(21-2)23-13-15-7-3-4-8-16(15)20;/h3-10H,11-13H2,1-2H3,(H2,21,22,23);1H. The summed E-state index contributed by atoms with van der Waals surface area (Å²) in [5, 5.41) is 7.38. The molecule has 0 atom stereocenters. The van der Waals surface area contributed by atoms with Crippen molar-refractivity contribution in [2.75, 3.05) is 13.6 Å². The van der Waals surface area contributed by atoms with Gasteiger partial charge in [0.05, 0.1) is 11.0 Å². The maximum Gasteiger partial charge on any atom is 0.191 e. The van der Waals surface area contributed by atoms with Crippen LogP contribution in [0.1, 0.15) is 11.4 Å². The Balaban J connectivity index is 0.00000243. The maximum atomic E-state index is 6.19. The Labute approximate surface area is 175 Å². The Morgan fingerprint density at radius 2 is 1.85 bits per heavy atom. The second-order valence-corrected chi connectivity index (χ2v) is 6.15. The first-order chi connectivity index (χ1) is 12.2. The fourth-order valence-electron chi connectivity index (χ4n) is 2.81. The highest BCUT2D eigenvalue weighted by molar-refractivity contribution is 14.0. The van der Waals surface area contributed by atoms with Crippen molar-refractivity contribution in [1.29, 1.82) is 0 Å². The van der Waals surface area contributed by atoms with E-state index in [1.54, 1.807) is 7.05 Å². The summed E-state index contributed by atoms with van der Waals surface area (Å²) in [6, 6.07) is 16.0. The number of nitrogens with zero attached hydrogens (tertiary/aromatic N) is 3. The van der Waals surface area contributed by atoms with Crippen molar-refractivity contribution >= 4 is 52.6 Å². The van der Waals surface area contributed by atoms with Crippen LogP contribution in [0.4, 0.5) is 0 Å².